The number of phosphoric acid groups is 1. The zero-order chi connectivity index (χ0) is 41.1. The molecule has 0 aromatic heterocycles. The Bertz CT molecular complexity index is 1060. The van der Waals surface area contributed by atoms with Gasteiger partial charge < -0.3 is 24.6 Å². The summed E-state index contributed by atoms with van der Waals surface area (Å²) in [4.78, 5) is 22.6. The predicted molar refractivity (Wildman–Crippen MR) is 233 cm³/mol. The number of carbonyl (C=O) groups excluding carboxylic acids is 1. The van der Waals surface area contributed by atoms with Crippen molar-refractivity contribution in [2.24, 2.45) is 0 Å². The molecule has 0 radical (unpaired) electrons. The van der Waals surface area contributed by atoms with Gasteiger partial charge in [0.1, 0.15) is 12.2 Å². The summed E-state index contributed by atoms with van der Waals surface area (Å²) < 4.78 is 33.3. The maximum atomic E-state index is 12.6. The van der Waals surface area contributed by atoms with Crippen molar-refractivity contribution in [2.75, 3.05) is 33.0 Å². The van der Waals surface area contributed by atoms with E-state index in [0.717, 1.165) is 57.8 Å². The third-order valence-electron chi connectivity index (χ3n) is 9.19. The van der Waals surface area contributed by atoms with Gasteiger partial charge >= 0.3 is 13.8 Å². The molecule has 0 amide bonds. The van der Waals surface area contributed by atoms with Crippen LogP contribution in [0.25, 0.3) is 0 Å². The Labute approximate surface area is 342 Å². The lowest BCUT2D eigenvalue weighted by atomic mass is 10.1. The lowest BCUT2D eigenvalue weighted by molar-refractivity contribution is -0.154. The minimum absolute atomic E-state index is 0.0296. The molecule has 56 heavy (non-hydrogen) atoms. The molecule has 0 aliphatic rings. The second kappa shape index (κ2) is 42.8. The van der Waals surface area contributed by atoms with Crippen LogP contribution in [0.1, 0.15) is 181 Å². The molecule has 0 saturated carbocycles. The fraction of sp³-hybridized carbons (Fsp3) is 0.761. The highest BCUT2D eigenvalue weighted by Gasteiger charge is 2.26. The molecule has 0 aliphatic heterocycles. The zero-order valence-electron chi connectivity index (χ0n) is 35.6. The first-order valence-corrected chi connectivity index (χ1v) is 23.8. The van der Waals surface area contributed by atoms with E-state index in [4.69, 9.17) is 23.6 Å². The molecule has 0 rings (SSSR count). The molecule has 0 aromatic rings. The Morgan fingerprint density at radius 3 is 1.55 bits per heavy atom. The van der Waals surface area contributed by atoms with Crippen LogP contribution in [0.3, 0.4) is 0 Å². The van der Waals surface area contributed by atoms with Crippen molar-refractivity contribution in [3.8, 4) is 0 Å². The van der Waals surface area contributed by atoms with Gasteiger partial charge in [0, 0.05) is 13.0 Å². The number of hydrogen-bond acceptors (Lipinski definition) is 8. The number of unbranched alkanes of at least 4 members (excludes halogenated alkanes) is 18. The van der Waals surface area contributed by atoms with E-state index in [1.165, 1.54) is 96.3 Å². The van der Waals surface area contributed by atoms with E-state index in [-0.39, 0.29) is 13.0 Å². The largest absolute Gasteiger partial charge is 0.472 e. The fourth-order valence-electron chi connectivity index (χ4n) is 5.81. The molecule has 0 spiro atoms. The van der Waals surface area contributed by atoms with Crippen molar-refractivity contribution in [2.45, 2.75) is 193 Å². The molecule has 0 aromatic carbocycles. The average Bonchev–Trinajstić information content (AvgIpc) is 3.19. The van der Waals surface area contributed by atoms with E-state index >= 15 is 0 Å². The number of aliphatic hydroxyl groups is 2. The van der Waals surface area contributed by atoms with Crippen LogP contribution in [0, 0.1) is 0 Å². The molecule has 3 atom stereocenters. The normalized spacial score (nSPS) is 14.6. The van der Waals surface area contributed by atoms with Crippen molar-refractivity contribution in [3.05, 3.63) is 60.8 Å². The molecule has 3 N–H and O–H groups in total. The maximum absolute atomic E-state index is 12.6. The van der Waals surface area contributed by atoms with Gasteiger partial charge in [-0.1, -0.05) is 158 Å². The molecular formula is C46H83O9P. The zero-order valence-corrected chi connectivity index (χ0v) is 36.5. The van der Waals surface area contributed by atoms with Crippen molar-refractivity contribution in [1.29, 1.82) is 0 Å². The summed E-state index contributed by atoms with van der Waals surface area (Å²) in [5.74, 6) is -0.424. The number of carbonyl (C=O) groups is 1. The van der Waals surface area contributed by atoms with Gasteiger partial charge in [0.25, 0.3) is 0 Å². The van der Waals surface area contributed by atoms with Crippen LogP contribution in [0.5, 0.6) is 0 Å². The lowest BCUT2D eigenvalue weighted by Crippen LogP contribution is -2.29. The van der Waals surface area contributed by atoms with Gasteiger partial charge in [-0.3, -0.25) is 13.8 Å². The number of allylic oxidation sites excluding steroid dienone is 10. The fourth-order valence-corrected chi connectivity index (χ4v) is 6.60. The third kappa shape index (κ3) is 41.8. The predicted octanol–water partition coefficient (Wildman–Crippen LogP) is 12.4. The second-order valence-corrected chi connectivity index (χ2v) is 16.1. The number of hydrogen-bond donors (Lipinski definition) is 3. The highest BCUT2D eigenvalue weighted by molar-refractivity contribution is 7.47. The number of ether oxygens (including phenoxy) is 2. The molecule has 0 bridgehead atoms. The van der Waals surface area contributed by atoms with Crippen LogP contribution in [-0.4, -0.2) is 66.3 Å². The number of phosphoric ester groups is 1. The van der Waals surface area contributed by atoms with Gasteiger partial charge in [-0.15, -0.1) is 0 Å². The first kappa shape index (κ1) is 54.2. The molecule has 0 heterocycles. The molecule has 0 saturated heterocycles. The number of aliphatic hydroxyl groups excluding tert-OH is 2. The second-order valence-electron chi connectivity index (χ2n) is 14.7. The van der Waals surface area contributed by atoms with Crippen LogP contribution in [0.4, 0.5) is 0 Å². The van der Waals surface area contributed by atoms with E-state index in [0.29, 0.717) is 13.0 Å². The topological polar surface area (TPSA) is 132 Å². The van der Waals surface area contributed by atoms with E-state index in [9.17, 15) is 19.4 Å². The molecule has 3 unspecified atom stereocenters. The summed E-state index contributed by atoms with van der Waals surface area (Å²) in [6.45, 7) is 3.34. The van der Waals surface area contributed by atoms with E-state index in [2.05, 4.69) is 74.6 Å². The summed E-state index contributed by atoms with van der Waals surface area (Å²) >= 11 is 0. The Morgan fingerprint density at radius 1 is 0.571 bits per heavy atom. The molecule has 9 nitrogen and oxygen atoms in total. The molecule has 326 valence electrons. The number of rotatable bonds is 42. The van der Waals surface area contributed by atoms with Gasteiger partial charge in [0.2, 0.25) is 0 Å². The maximum Gasteiger partial charge on any atom is 0.472 e. The average molecular weight is 811 g/mol. The SMILES string of the molecule is CC/C=C\C/C=C\C/C=C\C/C=C\CCCCC(=O)OC(COCCCCCCCCCCCC/C=C\CCCCCCCC)COP(=O)(O)OCC(O)CO. The Hall–Kier alpha value is -1.84. The highest BCUT2D eigenvalue weighted by Crippen LogP contribution is 2.43. The lowest BCUT2D eigenvalue weighted by Gasteiger charge is -2.20. The molecular weight excluding hydrogens is 727 g/mol. The van der Waals surface area contributed by atoms with Gasteiger partial charge in [-0.05, 0) is 77.0 Å². The monoisotopic (exact) mass is 811 g/mol. The quantitative estimate of drug-likeness (QED) is 0.0239. The minimum atomic E-state index is -4.53. The standard InChI is InChI=1S/C46H83O9P/c1-3-5-7-9-11-13-15-17-19-20-21-22-23-25-27-29-31-33-35-37-39-52-42-45(43-54-56(50,51)53-41-44(48)40-47)55-46(49)38-36-34-32-30-28-26-24-18-16-14-12-10-8-6-4-2/h6,8,12,14,17-19,24,28,30,44-45,47-48H,3-5,7,9-11,13,15-16,20-23,25-27,29,31-43H2,1-2H3,(H,50,51)/b8-6-,14-12-,19-17-,24-18-,30-28-. The van der Waals surface area contributed by atoms with E-state index in [1.54, 1.807) is 0 Å². The smallest absolute Gasteiger partial charge is 0.457 e. The van der Waals surface area contributed by atoms with Crippen LogP contribution < -0.4 is 0 Å². The highest BCUT2D eigenvalue weighted by atomic mass is 31.2. The third-order valence-corrected chi connectivity index (χ3v) is 10.1. The summed E-state index contributed by atoms with van der Waals surface area (Å²) in [7, 11) is -4.53. The van der Waals surface area contributed by atoms with Gasteiger partial charge in [0.15, 0.2) is 0 Å². The summed E-state index contributed by atoms with van der Waals surface area (Å²) in [5, 5.41) is 18.3. The van der Waals surface area contributed by atoms with Crippen molar-refractivity contribution < 1.29 is 43.0 Å². The molecule has 0 aliphatic carbocycles. The van der Waals surface area contributed by atoms with Crippen molar-refractivity contribution in [3.63, 3.8) is 0 Å². The van der Waals surface area contributed by atoms with Crippen molar-refractivity contribution >= 4 is 13.8 Å². The molecule has 0 fully saturated rings. The number of esters is 1. The summed E-state index contributed by atoms with van der Waals surface area (Å²) in [6.07, 6.45) is 49.0. The Kier molecular flexibility index (Phi) is 41.4. The first-order valence-electron chi connectivity index (χ1n) is 22.3. The Balaban J connectivity index is 4.19. The van der Waals surface area contributed by atoms with Crippen LogP contribution in [0.15, 0.2) is 60.8 Å². The summed E-state index contributed by atoms with van der Waals surface area (Å²) in [5.41, 5.74) is 0. The van der Waals surface area contributed by atoms with E-state index in [1.807, 2.05) is 0 Å². The van der Waals surface area contributed by atoms with Crippen molar-refractivity contribution in [1.82, 2.24) is 0 Å². The van der Waals surface area contributed by atoms with Gasteiger partial charge in [-0.2, -0.15) is 0 Å². The van der Waals surface area contributed by atoms with Crippen LogP contribution >= 0.6 is 7.82 Å². The van der Waals surface area contributed by atoms with Gasteiger partial charge in [0.05, 0.1) is 26.4 Å². The summed E-state index contributed by atoms with van der Waals surface area (Å²) in [6, 6.07) is 0. The first-order chi connectivity index (χ1) is 27.3. The minimum Gasteiger partial charge on any atom is -0.457 e. The van der Waals surface area contributed by atoms with Crippen LogP contribution in [-0.2, 0) is 27.9 Å². The van der Waals surface area contributed by atoms with Gasteiger partial charge in [-0.25, -0.2) is 4.57 Å². The molecule has 10 heteroatoms. The Morgan fingerprint density at radius 2 is 1.02 bits per heavy atom. The van der Waals surface area contributed by atoms with Crippen LogP contribution in [0.2, 0.25) is 0 Å². The van der Waals surface area contributed by atoms with E-state index < -0.39 is 45.8 Å².